The van der Waals surface area contributed by atoms with Crippen LogP contribution in [0.4, 0.5) is 5.69 Å². The van der Waals surface area contributed by atoms with Crippen molar-refractivity contribution in [1.82, 2.24) is 10.2 Å². The van der Waals surface area contributed by atoms with Gasteiger partial charge in [0.15, 0.2) is 0 Å². The first kappa shape index (κ1) is 18.5. The number of likely N-dealkylation sites (N-methyl/N-ethyl adjacent to an activating group) is 1. The van der Waals surface area contributed by atoms with Crippen molar-refractivity contribution in [3.05, 3.63) is 65.2 Å². The molecule has 0 unspecified atom stereocenters. The van der Waals surface area contributed by atoms with Crippen molar-refractivity contribution in [1.29, 1.82) is 0 Å². The Labute approximate surface area is 156 Å². The zero-order valence-electron chi connectivity index (χ0n) is 15.9. The molecule has 4 nitrogen and oxygen atoms in total. The molecular formula is C22H29N3O. The van der Waals surface area contributed by atoms with Gasteiger partial charge in [0.05, 0.1) is 0 Å². The van der Waals surface area contributed by atoms with Crippen LogP contribution in [0.5, 0.6) is 0 Å². The molecule has 0 atom stereocenters. The third kappa shape index (κ3) is 5.09. The fourth-order valence-electron chi connectivity index (χ4n) is 3.24. The van der Waals surface area contributed by atoms with E-state index in [1.54, 1.807) is 0 Å². The van der Waals surface area contributed by atoms with Gasteiger partial charge in [0.25, 0.3) is 5.91 Å². The molecule has 2 aromatic rings. The van der Waals surface area contributed by atoms with Crippen LogP contribution in [0.2, 0.25) is 0 Å². The van der Waals surface area contributed by atoms with Crippen LogP contribution in [-0.2, 0) is 6.42 Å². The highest BCUT2D eigenvalue weighted by molar-refractivity contribution is 5.94. The summed E-state index contributed by atoms with van der Waals surface area (Å²) in [7, 11) is 2.18. The molecule has 1 aliphatic heterocycles. The van der Waals surface area contributed by atoms with Gasteiger partial charge in [-0.15, -0.1) is 0 Å². The molecule has 0 radical (unpaired) electrons. The molecule has 0 spiro atoms. The Morgan fingerprint density at radius 1 is 0.962 bits per heavy atom. The molecule has 0 bridgehead atoms. The Balaban J connectivity index is 1.41. The van der Waals surface area contributed by atoms with Gasteiger partial charge in [0.1, 0.15) is 0 Å². The highest BCUT2D eigenvalue weighted by Gasteiger charge is 2.13. The lowest BCUT2D eigenvalue weighted by Gasteiger charge is -2.34. The number of amides is 1. The highest BCUT2D eigenvalue weighted by Crippen LogP contribution is 2.17. The van der Waals surface area contributed by atoms with Gasteiger partial charge in [-0.3, -0.25) is 4.79 Å². The van der Waals surface area contributed by atoms with Crippen molar-refractivity contribution in [3.63, 3.8) is 0 Å². The van der Waals surface area contributed by atoms with Gasteiger partial charge in [0.2, 0.25) is 0 Å². The molecule has 1 N–H and O–H groups in total. The standard InChI is InChI=1S/C22H29N3O/c1-18-5-9-20(10-6-18)22(26)23-13-3-4-19-7-11-21(12-8-19)25-16-14-24(2)15-17-25/h5-12H,3-4,13-17H2,1-2H3,(H,23,26). The predicted octanol–water partition coefficient (Wildman–Crippen LogP) is 3.11. The quantitative estimate of drug-likeness (QED) is 0.813. The first-order chi connectivity index (χ1) is 12.6. The van der Waals surface area contributed by atoms with Gasteiger partial charge in [0, 0.05) is 44.0 Å². The minimum absolute atomic E-state index is 0.00964. The summed E-state index contributed by atoms with van der Waals surface area (Å²) in [4.78, 5) is 16.9. The van der Waals surface area contributed by atoms with E-state index in [4.69, 9.17) is 0 Å². The molecular weight excluding hydrogens is 322 g/mol. The topological polar surface area (TPSA) is 35.6 Å². The van der Waals surface area contributed by atoms with Crippen LogP contribution in [0.25, 0.3) is 0 Å². The Hall–Kier alpha value is -2.33. The van der Waals surface area contributed by atoms with Crippen molar-refractivity contribution in [3.8, 4) is 0 Å². The molecule has 26 heavy (non-hydrogen) atoms. The van der Waals surface area contributed by atoms with Gasteiger partial charge in [-0.05, 0) is 56.6 Å². The Morgan fingerprint density at radius 2 is 1.62 bits per heavy atom. The summed E-state index contributed by atoms with van der Waals surface area (Å²) >= 11 is 0. The summed E-state index contributed by atoms with van der Waals surface area (Å²) in [5.41, 5.74) is 4.54. The Kier molecular flexibility index (Phi) is 6.29. The first-order valence-electron chi connectivity index (χ1n) is 9.49. The predicted molar refractivity (Wildman–Crippen MR) is 108 cm³/mol. The van der Waals surface area contributed by atoms with E-state index in [9.17, 15) is 4.79 Å². The number of aryl methyl sites for hydroxylation is 2. The van der Waals surface area contributed by atoms with Crippen LogP contribution in [0.15, 0.2) is 48.5 Å². The molecule has 1 aliphatic rings. The number of benzene rings is 2. The van der Waals surface area contributed by atoms with Gasteiger partial charge in [-0.2, -0.15) is 0 Å². The summed E-state index contributed by atoms with van der Waals surface area (Å²) < 4.78 is 0. The number of nitrogens with zero attached hydrogens (tertiary/aromatic N) is 2. The number of hydrogen-bond acceptors (Lipinski definition) is 3. The number of carbonyl (C=O) groups excluding carboxylic acids is 1. The van der Waals surface area contributed by atoms with E-state index < -0.39 is 0 Å². The number of hydrogen-bond donors (Lipinski definition) is 1. The molecule has 3 rings (SSSR count). The van der Waals surface area contributed by atoms with Gasteiger partial charge >= 0.3 is 0 Å². The molecule has 0 saturated carbocycles. The average Bonchev–Trinajstić information content (AvgIpc) is 2.67. The third-order valence-corrected chi connectivity index (χ3v) is 5.05. The van der Waals surface area contributed by atoms with Crippen molar-refractivity contribution >= 4 is 11.6 Å². The highest BCUT2D eigenvalue weighted by atomic mass is 16.1. The molecule has 0 aliphatic carbocycles. The van der Waals surface area contributed by atoms with E-state index in [0.29, 0.717) is 6.54 Å². The normalized spacial score (nSPS) is 15.1. The van der Waals surface area contributed by atoms with Crippen molar-refractivity contribution < 1.29 is 4.79 Å². The first-order valence-corrected chi connectivity index (χ1v) is 9.49. The fourth-order valence-corrected chi connectivity index (χ4v) is 3.24. The molecule has 1 heterocycles. The van der Waals surface area contributed by atoms with E-state index >= 15 is 0 Å². The van der Waals surface area contributed by atoms with Crippen molar-refractivity contribution in [2.24, 2.45) is 0 Å². The molecule has 138 valence electrons. The monoisotopic (exact) mass is 351 g/mol. The number of rotatable bonds is 6. The van der Waals surface area contributed by atoms with Crippen LogP contribution in [-0.4, -0.2) is 50.6 Å². The fraction of sp³-hybridized carbons (Fsp3) is 0.409. The van der Waals surface area contributed by atoms with Crippen LogP contribution < -0.4 is 10.2 Å². The number of anilines is 1. The molecule has 1 amide bonds. The molecule has 4 heteroatoms. The van der Waals surface area contributed by atoms with Crippen LogP contribution in [0, 0.1) is 6.92 Å². The maximum atomic E-state index is 12.1. The van der Waals surface area contributed by atoms with E-state index in [1.165, 1.54) is 16.8 Å². The second-order valence-corrected chi connectivity index (χ2v) is 7.18. The zero-order valence-corrected chi connectivity index (χ0v) is 15.9. The molecule has 1 saturated heterocycles. The van der Waals surface area contributed by atoms with E-state index in [1.807, 2.05) is 31.2 Å². The lowest BCUT2D eigenvalue weighted by atomic mass is 10.1. The van der Waals surface area contributed by atoms with E-state index in [0.717, 1.165) is 44.6 Å². The van der Waals surface area contributed by atoms with Crippen molar-refractivity contribution in [2.75, 3.05) is 44.7 Å². The smallest absolute Gasteiger partial charge is 0.251 e. The number of piperazine rings is 1. The number of carbonyl (C=O) groups is 1. The van der Waals surface area contributed by atoms with Gasteiger partial charge in [-0.1, -0.05) is 29.8 Å². The van der Waals surface area contributed by atoms with Crippen molar-refractivity contribution in [2.45, 2.75) is 19.8 Å². The lowest BCUT2D eigenvalue weighted by molar-refractivity contribution is 0.0953. The Bertz CT molecular complexity index is 701. The minimum Gasteiger partial charge on any atom is -0.369 e. The molecule has 0 aromatic heterocycles. The van der Waals surface area contributed by atoms with Crippen LogP contribution in [0.1, 0.15) is 27.9 Å². The minimum atomic E-state index is 0.00964. The largest absolute Gasteiger partial charge is 0.369 e. The van der Waals surface area contributed by atoms with E-state index in [2.05, 4.69) is 46.4 Å². The molecule has 2 aromatic carbocycles. The average molecular weight is 351 g/mol. The summed E-state index contributed by atoms with van der Waals surface area (Å²) in [5.74, 6) is 0.00964. The van der Waals surface area contributed by atoms with Gasteiger partial charge < -0.3 is 15.1 Å². The van der Waals surface area contributed by atoms with Crippen LogP contribution >= 0.6 is 0 Å². The molecule has 1 fully saturated rings. The van der Waals surface area contributed by atoms with Gasteiger partial charge in [-0.25, -0.2) is 0 Å². The second kappa shape index (κ2) is 8.86. The summed E-state index contributed by atoms with van der Waals surface area (Å²) in [6.07, 6.45) is 1.93. The summed E-state index contributed by atoms with van der Waals surface area (Å²) in [6, 6.07) is 16.6. The van der Waals surface area contributed by atoms with Crippen LogP contribution in [0.3, 0.4) is 0 Å². The third-order valence-electron chi connectivity index (χ3n) is 5.05. The summed E-state index contributed by atoms with van der Waals surface area (Å²) in [6.45, 7) is 7.18. The lowest BCUT2D eigenvalue weighted by Crippen LogP contribution is -2.44. The SMILES string of the molecule is Cc1ccc(C(=O)NCCCc2ccc(N3CCN(C)CC3)cc2)cc1. The van der Waals surface area contributed by atoms with E-state index in [-0.39, 0.29) is 5.91 Å². The zero-order chi connectivity index (χ0) is 18.4. The Morgan fingerprint density at radius 3 is 2.27 bits per heavy atom. The summed E-state index contributed by atoms with van der Waals surface area (Å²) in [5, 5.41) is 3.00. The second-order valence-electron chi connectivity index (χ2n) is 7.18. The maximum Gasteiger partial charge on any atom is 0.251 e. The number of nitrogens with one attached hydrogen (secondary N) is 1. The maximum absolute atomic E-state index is 12.1.